The molecule has 3 heteroatoms. The zero-order valence-electron chi connectivity index (χ0n) is 10.5. The molecule has 94 valence electrons. The van der Waals surface area contributed by atoms with Gasteiger partial charge in [0.25, 0.3) is 0 Å². The third kappa shape index (κ3) is 1.57. The lowest BCUT2D eigenvalue weighted by Crippen LogP contribution is -2.13. The Morgan fingerprint density at radius 3 is 3.06 bits per heavy atom. The average molecular weight is 258 g/mol. The normalized spacial score (nSPS) is 23.0. The van der Waals surface area contributed by atoms with Crippen molar-refractivity contribution >= 4 is 11.3 Å². The Morgan fingerprint density at radius 2 is 2.17 bits per heavy atom. The zero-order valence-corrected chi connectivity index (χ0v) is 11.3. The van der Waals surface area contributed by atoms with Gasteiger partial charge in [-0.05, 0) is 23.8 Å². The SMILES string of the molecule is c1cc2c(s1)[C@H](CC1CCCCC1)n1cncc1-2. The Hall–Kier alpha value is -1.09. The number of aromatic nitrogens is 2. The first kappa shape index (κ1) is 10.8. The average Bonchev–Trinajstić information content (AvgIpc) is 3.08. The second-order valence-electron chi connectivity index (χ2n) is 5.64. The Bertz CT molecular complexity index is 508. The molecule has 4 rings (SSSR count). The van der Waals surface area contributed by atoms with Crippen LogP contribution >= 0.6 is 11.3 Å². The van der Waals surface area contributed by atoms with E-state index in [4.69, 9.17) is 0 Å². The van der Waals surface area contributed by atoms with Crippen LogP contribution in [0.4, 0.5) is 0 Å². The summed E-state index contributed by atoms with van der Waals surface area (Å²) in [6, 6.07) is 2.83. The molecule has 3 heterocycles. The highest BCUT2D eigenvalue weighted by atomic mass is 32.1. The van der Waals surface area contributed by atoms with Crippen molar-refractivity contribution < 1.29 is 0 Å². The van der Waals surface area contributed by atoms with Crippen LogP contribution in [0.1, 0.15) is 49.4 Å². The largest absolute Gasteiger partial charge is 0.322 e. The number of thiophene rings is 1. The molecule has 0 amide bonds. The van der Waals surface area contributed by atoms with Crippen LogP contribution in [0.5, 0.6) is 0 Å². The molecule has 0 unspecified atom stereocenters. The lowest BCUT2D eigenvalue weighted by atomic mass is 9.84. The van der Waals surface area contributed by atoms with Crippen LogP contribution in [0.25, 0.3) is 11.3 Å². The fourth-order valence-electron chi connectivity index (χ4n) is 3.64. The van der Waals surface area contributed by atoms with Crippen LogP contribution in [-0.2, 0) is 0 Å². The van der Waals surface area contributed by atoms with Crippen LogP contribution in [0.15, 0.2) is 24.0 Å². The number of fused-ring (bicyclic) bond motifs is 3. The van der Waals surface area contributed by atoms with E-state index in [1.165, 1.54) is 49.8 Å². The molecule has 0 radical (unpaired) electrons. The van der Waals surface area contributed by atoms with Crippen molar-refractivity contribution in [3.05, 3.63) is 28.8 Å². The molecule has 1 atom stereocenters. The van der Waals surface area contributed by atoms with Crippen LogP contribution < -0.4 is 0 Å². The molecular weight excluding hydrogens is 240 g/mol. The number of nitrogens with zero attached hydrogens (tertiary/aromatic N) is 2. The second-order valence-corrected chi connectivity index (χ2v) is 6.59. The van der Waals surface area contributed by atoms with Crippen molar-refractivity contribution in [1.29, 1.82) is 0 Å². The lowest BCUT2D eigenvalue weighted by Gasteiger charge is -2.25. The van der Waals surface area contributed by atoms with Gasteiger partial charge >= 0.3 is 0 Å². The van der Waals surface area contributed by atoms with Gasteiger partial charge < -0.3 is 4.57 Å². The highest BCUT2D eigenvalue weighted by molar-refractivity contribution is 7.10. The van der Waals surface area contributed by atoms with Crippen molar-refractivity contribution in [2.45, 2.75) is 44.6 Å². The number of hydrogen-bond acceptors (Lipinski definition) is 2. The quantitative estimate of drug-likeness (QED) is 0.776. The molecule has 0 aromatic carbocycles. The molecule has 2 nitrogen and oxygen atoms in total. The molecule has 1 aliphatic heterocycles. The van der Waals surface area contributed by atoms with E-state index in [-0.39, 0.29) is 0 Å². The number of imidazole rings is 1. The molecule has 0 spiro atoms. The fourth-order valence-corrected chi connectivity index (χ4v) is 4.65. The molecule has 0 saturated heterocycles. The third-order valence-electron chi connectivity index (χ3n) is 4.56. The fraction of sp³-hybridized carbons (Fsp3) is 0.533. The number of hydrogen-bond donors (Lipinski definition) is 0. The van der Waals surface area contributed by atoms with Gasteiger partial charge in [-0.25, -0.2) is 4.98 Å². The van der Waals surface area contributed by atoms with E-state index < -0.39 is 0 Å². The second kappa shape index (κ2) is 4.23. The van der Waals surface area contributed by atoms with Crippen LogP contribution in [0.3, 0.4) is 0 Å². The maximum atomic E-state index is 4.33. The van der Waals surface area contributed by atoms with E-state index >= 15 is 0 Å². The highest BCUT2D eigenvalue weighted by Crippen LogP contribution is 2.46. The Balaban J connectivity index is 1.65. The molecule has 0 N–H and O–H groups in total. The van der Waals surface area contributed by atoms with Crippen molar-refractivity contribution in [3.8, 4) is 11.3 Å². The standard InChI is InChI=1S/C15H18N2S/c1-2-4-11(5-3-1)8-13-15-12(6-7-18-15)14-9-16-10-17(13)14/h6-7,9-11,13H,1-5,8H2/t13-/m0/s1. The van der Waals surface area contributed by atoms with Gasteiger partial charge in [0, 0.05) is 10.4 Å². The molecule has 2 aliphatic rings. The van der Waals surface area contributed by atoms with Crippen molar-refractivity contribution in [1.82, 2.24) is 9.55 Å². The molecule has 1 fully saturated rings. The van der Waals surface area contributed by atoms with Gasteiger partial charge in [-0.1, -0.05) is 32.1 Å². The summed E-state index contributed by atoms with van der Waals surface area (Å²) in [6.45, 7) is 0. The predicted molar refractivity (Wildman–Crippen MR) is 74.9 cm³/mol. The first-order chi connectivity index (χ1) is 8.93. The Morgan fingerprint density at radius 1 is 1.28 bits per heavy atom. The zero-order chi connectivity index (χ0) is 11.9. The summed E-state index contributed by atoms with van der Waals surface area (Å²) in [6.07, 6.45) is 12.5. The predicted octanol–water partition coefficient (Wildman–Crippen LogP) is 4.48. The van der Waals surface area contributed by atoms with Gasteiger partial charge in [-0.15, -0.1) is 11.3 Å². The van der Waals surface area contributed by atoms with Gasteiger partial charge in [0.1, 0.15) is 0 Å². The summed E-state index contributed by atoms with van der Waals surface area (Å²) in [4.78, 5) is 5.90. The summed E-state index contributed by atoms with van der Waals surface area (Å²) in [5, 5.41) is 2.23. The van der Waals surface area contributed by atoms with E-state index in [1.54, 1.807) is 4.88 Å². The maximum absolute atomic E-state index is 4.33. The third-order valence-corrected chi connectivity index (χ3v) is 5.58. The minimum atomic E-state index is 0.570. The van der Waals surface area contributed by atoms with Crippen molar-refractivity contribution in [2.75, 3.05) is 0 Å². The summed E-state index contributed by atoms with van der Waals surface area (Å²) in [5.41, 5.74) is 2.75. The van der Waals surface area contributed by atoms with Crippen LogP contribution in [0.2, 0.25) is 0 Å². The summed E-state index contributed by atoms with van der Waals surface area (Å²) >= 11 is 1.92. The molecule has 2 aromatic rings. The monoisotopic (exact) mass is 258 g/mol. The Labute approximate surface area is 112 Å². The van der Waals surface area contributed by atoms with E-state index in [0.29, 0.717) is 6.04 Å². The molecule has 18 heavy (non-hydrogen) atoms. The Kier molecular flexibility index (Phi) is 2.54. The van der Waals surface area contributed by atoms with Gasteiger partial charge in [0.05, 0.1) is 24.3 Å². The van der Waals surface area contributed by atoms with Crippen LogP contribution in [0, 0.1) is 5.92 Å². The molecule has 0 bridgehead atoms. The number of rotatable bonds is 2. The first-order valence-electron chi connectivity index (χ1n) is 7.03. The summed E-state index contributed by atoms with van der Waals surface area (Å²) in [7, 11) is 0. The van der Waals surface area contributed by atoms with E-state index in [2.05, 4.69) is 21.0 Å². The smallest absolute Gasteiger partial charge is 0.0957 e. The minimum Gasteiger partial charge on any atom is -0.322 e. The minimum absolute atomic E-state index is 0.570. The first-order valence-corrected chi connectivity index (χ1v) is 7.91. The van der Waals surface area contributed by atoms with Crippen molar-refractivity contribution in [2.24, 2.45) is 5.92 Å². The summed E-state index contributed by atoms with van der Waals surface area (Å²) < 4.78 is 2.40. The van der Waals surface area contributed by atoms with Gasteiger partial charge in [-0.2, -0.15) is 0 Å². The van der Waals surface area contributed by atoms with E-state index in [1.807, 2.05) is 23.9 Å². The van der Waals surface area contributed by atoms with Gasteiger partial charge in [0.15, 0.2) is 0 Å². The maximum Gasteiger partial charge on any atom is 0.0957 e. The van der Waals surface area contributed by atoms with Gasteiger partial charge in [0.2, 0.25) is 0 Å². The van der Waals surface area contributed by atoms with Gasteiger partial charge in [-0.3, -0.25) is 0 Å². The molecule has 1 saturated carbocycles. The molecule has 2 aromatic heterocycles. The van der Waals surface area contributed by atoms with Crippen LogP contribution in [-0.4, -0.2) is 9.55 Å². The van der Waals surface area contributed by atoms with E-state index in [9.17, 15) is 0 Å². The van der Waals surface area contributed by atoms with E-state index in [0.717, 1.165) is 5.92 Å². The lowest BCUT2D eigenvalue weighted by molar-refractivity contribution is 0.309. The molecular formula is C15H18N2S. The molecule has 1 aliphatic carbocycles. The topological polar surface area (TPSA) is 17.8 Å². The highest BCUT2D eigenvalue weighted by Gasteiger charge is 2.31. The van der Waals surface area contributed by atoms with Crippen molar-refractivity contribution in [3.63, 3.8) is 0 Å². The summed E-state index contributed by atoms with van der Waals surface area (Å²) in [5.74, 6) is 0.923.